The van der Waals surface area contributed by atoms with Crippen molar-refractivity contribution in [3.63, 3.8) is 0 Å². The number of hydrogen-bond acceptors (Lipinski definition) is 1. The number of carbonyl (C=O) groups is 1. The van der Waals surface area contributed by atoms with E-state index in [2.05, 4.69) is 105 Å². The Labute approximate surface area is 245 Å². The molecule has 0 N–H and O–H groups in total. The number of benzene rings is 3. The summed E-state index contributed by atoms with van der Waals surface area (Å²) in [5.41, 5.74) is 3.06. The summed E-state index contributed by atoms with van der Waals surface area (Å²) in [5.74, 6) is 0. The Morgan fingerprint density at radius 3 is 1.62 bits per heavy atom. The molecule has 0 saturated carbocycles. The maximum atomic E-state index is 13.0. The standard InChI is InChI=1S/C24H29OSi.3C4H9.Sn/c1-16(2)26(17(3)4,18(5)6)21-12-10-19-11-13-22-20(15-25)8-7-9-23(22)24(19)14-21;3*1-3-4-2;/h7,9-18H,1-6H3;3*1,3-4H2,2H3;. The van der Waals surface area contributed by atoms with Gasteiger partial charge in [0.2, 0.25) is 0 Å². The van der Waals surface area contributed by atoms with E-state index in [1.807, 2.05) is 0 Å². The van der Waals surface area contributed by atoms with Crippen LogP contribution in [0.4, 0.5) is 0 Å². The van der Waals surface area contributed by atoms with Gasteiger partial charge < -0.3 is 0 Å². The van der Waals surface area contributed by atoms with Gasteiger partial charge >= 0.3 is 247 Å². The molecule has 0 aliphatic carbocycles. The molecule has 0 saturated heterocycles. The van der Waals surface area contributed by atoms with E-state index in [0.717, 1.165) is 5.56 Å². The molecule has 0 amide bonds. The summed E-state index contributed by atoms with van der Waals surface area (Å²) in [4.78, 5) is 13.0. The molecule has 3 aromatic rings. The van der Waals surface area contributed by atoms with Crippen LogP contribution in [0.3, 0.4) is 0 Å². The Bertz CT molecular complexity index is 1200. The molecule has 0 fully saturated rings. The van der Waals surface area contributed by atoms with Gasteiger partial charge in [-0.25, -0.2) is 0 Å². The van der Waals surface area contributed by atoms with Crippen molar-refractivity contribution in [3.05, 3.63) is 48.0 Å². The molecule has 0 spiro atoms. The second kappa shape index (κ2) is 14.2. The molecule has 0 aliphatic rings. The fraction of sp³-hybridized carbons (Fsp3) is 0.583. The average Bonchev–Trinajstić information content (AvgIpc) is 2.91. The molecule has 0 bridgehead atoms. The fourth-order valence-corrected chi connectivity index (χ4v) is 31.8. The van der Waals surface area contributed by atoms with E-state index >= 15 is 0 Å². The third-order valence-corrected chi connectivity index (χ3v) is 32.9. The molecule has 3 aromatic carbocycles. The van der Waals surface area contributed by atoms with Gasteiger partial charge in [-0.1, -0.05) is 0 Å². The molecule has 0 atom stereocenters. The van der Waals surface area contributed by atoms with E-state index in [1.54, 1.807) is 5.19 Å². The van der Waals surface area contributed by atoms with E-state index < -0.39 is 26.5 Å². The summed E-state index contributed by atoms with van der Waals surface area (Å²) in [6.45, 7) is 21.7. The van der Waals surface area contributed by atoms with Gasteiger partial charge in [-0.2, -0.15) is 0 Å². The van der Waals surface area contributed by atoms with Crippen LogP contribution < -0.4 is 8.77 Å². The van der Waals surface area contributed by atoms with Gasteiger partial charge in [-0.15, -0.1) is 0 Å². The number of unbranched alkanes of at least 4 members (excludes halogenated alkanes) is 3. The van der Waals surface area contributed by atoms with E-state index in [9.17, 15) is 4.79 Å². The number of rotatable bonds is 15. The minimum absolute atomic E-state index is 0.674. The van der Waals surface area contributed by atoms with Crippen LogP contribution in [0.15, 0.2) is 42.5 Å². The summed E-state index contributed by atoms with van der Waals surface area (Å²) in [5, 5.41) is 6.70. The molecule has 0 aromatic heterocycles. The average molecular weight is 652 g/mol. The monoisotopic (exact) mass is 652 g/mol. The molecule has 3 rings (SSSR count). The molecular formula is C36H56OSiSn. The Morgan fingerprint density at radius 2 is 1.15 bits per heavy atom. The van der Waals surface area contributed by atoms with Gasteiger partial charge in [0.05, 0.1) is 0 Å². The summed E-state index contributed by atoms with van der Waals surface area (Å²) < 4.78 is 5.69. The van der Waals surface area contributed by atoms with Crippen LogP contribution in [-0.2, 0) is 0 Å². The predicted molar refractivity (Wildman–Crippen MR) is 182 cm³/mol. The zero-order chi connectivity index (χ0) is 28.8. The Kier molecular flexibility index (Phi) is 11.8. The molecule has 1 nitrogen and oxygen atoms in total. The van der Waals surface area contributed by atoms with Crippen molar-refractivity contribution < 1.29 is 4.79 Å². The summed E-state index contributed by atoms with van der Waals surface area (Å²) in [7, 11) is -1.78. The van der Waals surface area contributed by atoms with Gasteiger partial charge in [0.25, 0.3) is 0 Å². The second-order valence-corrected chi connectivity index (χ2v) is 32.3. The Hall–Kier alpha value is -1.13. The van der Waals surface area contributed by atoms with Gasteiger partial charge in [0.15, 0.2) is 0 Å². The Morgan fingerprint density at radius 1 is 0.667 bits per heavy atom. The first-order valence-electron chi connectivity index (χ1n) is 16.1. The minimum atomic E-state index is -2.76. The number of aldehydes is 1. The zero-order valence-electron chi connectivity index (χ0n) is 26.6. The van der Waals surface area contributed by atoms with Gasteiger partial charge in [-0.3, -0.25) is 0 Å². The molecule has 214 valence electrons. The zero-order valence-corrected chi connectivity index (χ0v) is 30.5. The number of fused-ring (bicyclic) bond motifs is 3. The van der Waals surface area contributed by atoms with E-state index in [-0.39, 0.29) is 0 Å². The molecule has 0 aliphatic heterocycles. The van der Waals surface area contributed by atoms with Crippen molar-refractivity contribution in [1.29, 1.82) is 0 Å². The quantitative estimate of drug-likeness (QED) is 0.0908. The van der Waals surface area contributed by atoms with Crippen molar-refractivity contribution in [2.24, 2.45) is 0 Å². The molecule has 0 unspecified atom stereocenters. The third kappa shape index (κ3) is 6.22. The van der Waals surface area contributed by atoms with Crippen LogP contribution in [0, 0.1) is 0 Å². The first kappa shape index (κ1) is 32.4. The van der Waals surface area contributed by atoms with Crippen LogP contribution in [0.25, 0.3) is 21.5 Å². The summed E-state index contributed by atoms with van der Waals surface area (Å²) in [6, 6.07) is 16.8. The molecule has 0 radical (unpaired) electrons. The normalized spacial score (nSPS) is 12.9. The van der Waals surface area contributed by atoms with E-state index in [1.165, 1.54) is 83.2 Å². The second-order valence-electron chi connectivity index (χ2n) is 13.2. The van der Waals surface area contributed by atoms with Crippen molar-refractivity contribution in [2.45, 2.75) is 131 Å². The summed E-state index contributed by atoms with van der Waals surface area (Å²) >= 11 is -2.76. The van der Waals surface area contributed by atoms with Crippen molar-refractivity contribution in [1.82, 2.24) is 0 Å². The van der Waals surface area contributed by atoms with Crippen molar-refractivity contribution >= 4 is 63.0 Å². The molecule has 3 heteroatoms. The van der Waals surface area contributed by atoms with Crippen LogP contribution in [0.2, 0.25) is 29.9 Å². The van der Waals surface area contributed by atoms with Gasteiger partial charge in [-0.05, 0) is 0 Å². The summed E-state index contributed by atoms with van der Waals surface area (Å²) in [6.07, 6.45) is 8.93. The van der Waals surface area contributed by atoms with Crippen LogP contribution in [-0.4, -0.2) is 32.7 Å². The number of hydrogen-bond donors (Lipinski definition) is 0. The van der Waals surface area contributed by atoms with Gasteiger partial charge in [0.1, 0.15) is 0 Å². The third-order valence-electron chi connectivity index (χ3n) is 10.1. The topological polar surface area (TPSA) is 17.1 Å². The van der Waals surface area contributed by atoms with Crippen LogP contribution in [0.1, 0.15) is 111 Å². The molecular weight excluding hydrogens is 595 g/mol. The van der Waals surface area contributed by atoms with Crippen molar-refractivity contribution in [2.75, 3.05) is 0 Å². The first-order valence-corrected chi connectivity index (χ1v) is 25.8. The van der Waals surface area contributed by atoms with E-state index in [4.69, 9.17) is 0 Å². The molecule has 39 heavy (non-hydrogen) atoms. The fourth-order valence-electron chi connectivity index (χ4n) is 8.34. The van der Waals surface area contributed by atoms with Crippen LogP contribution >= 0.6 is 0 Å². The molecule has 0 heterocycles. The van der Waals surface area contributed by atoms with E-state index in [0.29, 0.717) is 16.6 Å². The first-order chi connectivity index (χ1) is 18.6. The number of carbonyl (C=O) groups excluding carboxylic acids is 1. The van der Waals surface area contributed by atoms with Gasteiger partial charge in [0, 0.05) is 0 Å². The van der Waals surface area contributed by atoms with Crippen LogP contribution in [0.5, 0.6) is 0 Å². The Balaban J connectivity index is 2.34. The SMILES string of the molecule is CCC[CH2][Sn]([CH2]CCC)([CH2]CCC)[c]1ccc2c(ccc3ccc([Si](C(C)C)(C(C)C)C(C)C)cc32)c1C=O. The maximum absolute atomic E-state index is 13.0. The predicted octanol–water partition coefficient (Wildman–Crippen LogP) is 10.7. The van der Waals surface area contributed by atoms with Crippen molar-refractivity contribution in [3.8, 4) is 0 Å².